The maximum Gasteiger partial charge on any atom is 0.228 e. The van der Waals surface area contributed by atoms with Crippen molar-refractivity contribution in [2.45, 2.75) is 58.3 Å². The van der Waals surface area contributed by atoms with Crippen LogP contribution in [0.15, 0.2) is 5.16 Å². The molecule has 1 aromatic rings. The van der Waals surface area contributed by atoms with Gasteiger partial charge < -0.3 is 10.6 Å². The highest BCUT2D eigenvalue weighted by molar-refractivity contribution is 7.98. The zero-order valence-electron chi connectivity index (χ0n) is 12.9. The fourth-order valence-corrected chi connectivity index (χ4v) is 1.63. The highest BCUT2D eigenvalue weighted by Gasteiger charge is 2.15. The topological polar surface area (TPSA) is 62.7 Å². The first-order valence-corrected chi connectivity index (χ1v) is 7.78. The average molecular weight is 283 g/mol. The summed E-state index contributed by atoms with van der Waals surface area (Å²) >= 11 is 1.52. The van der Waals surface area contributed by atoms with Crippen LogP contribution in [0.2, 0.25) is 0 Å². The Kier molecular flexibility index (Phi) is 5.40. The summed E-state index contributed by atoms with van der Waals surface area (Å²) in [5, 5.41) is 7.33. The first kappa shape index (κ1) is 16.0. The monoisotopic (exact) mass is 283 g/mol. The normalized spacial score (nSPS) is 13.5. The van der Waals surface area contributed by atoms with E-state index in [0.29, 0.717) is 23.9 Å². The minimum atomic E-state index is -0.0715. The summed E-state index contributed by atoms with van der Waals surface area (Å²) in [7, 11) is 0. The molecule has 0 amide bonds. The summed E-state index contributed by atoms with van der Waals surface area (Å²) in [5.41, 5.74) is -0.0715. The second-order valence-electron chi connectivity index (χ2n) is 6.02. The Hall–Kier alpha value is -1.04. The summed E-state index contributed by atoms with van der Waals surface area (Å²) in [6, 6.07) is 0.319. The molecule has 0 aliphatic carbocycles. The number of hydrogen-bond donors (Lipinski definition) is 2. The molecule has 0 fully saturated rings. The van der Waals surface area contributed by atoms with Crippen LogP contribution in [0.1, 0.15) is 41.5 Å². The molecule has 19 heavy (non-hydrogen) atoms. The van der Waals surface area contributed by atoms with E-state index in [1.54, 1.807) is 0 Å². The Morgan fingerprint density at radius 1 is 1.00 bits per heavy atom. The van der Waals surface area contributed by atoms with Crippen LogP contribution in [-0.2, 0) is 0 Å². The van der Waals surface area contributed by atoms with Crippen molar-refractivity contribution in [3.63, 3.8) is 0 Å². The highest BCUT2D eigenvalue weighted by Crippen LogP contribution is 2.17. The minimum Gasteiger partial charge on any atom is -0.351 e. The van der Waals surface area contributed by atoms with Gasteiger partial charge in [0, 0.05) is 11.6 Å². The molecule has 2 N–H and O–H groups in total. The number of thioether (sulfide) groups is 1. The van der Waals surface area contributed by atoms with Crippen LogP contribution in [0.5, 0.6) is 0 Å². The van der Waals surface area contributed by atoms with E-state index in [2.05, 4.69) is 67.1 Å². The molecule has 1 aromatic heterocycles. The molecule has 108 valence electrons. The van der Waals surface area contributed by atoms with Crippen LogP contribution in [0.4, 0.5) is 11.9 Å². The van der Waals surface area contributed by atoms with E-state index in [1.807, 2.05) is 6.26 Å². The third kappa shape index (κ3) is 5.63. The second kappa shape index (κ2) is 6.41. The van der Waals surface area contributed by atoms with Crippen LogP contribution in [-0.4, -0.2) is 32.8 Å². The summed E-state index contributed by atoms with van der Waals surface area (Å²) in [6.07, 6.45) is 1.96. The van der Waals surface area contributed by atoms with Crippen molar-refractivity contribution in [1.29, 1.82) is 0 Å². The number of rotatable bonds is 5. The van der Waals surface area contributed by atoms with Crippen LogP contribution >= 0.6 is 11.8 Å². The molecule has 1 atom stereocenters. The van der Waals surface area contributed by atoms with E-state index >= 15 is 0 Å². The Labute approximate surface area is 120 Å². The molecule has 6 heteroatoms. The lowest BCUT2D eigenvalue weighted by Gasteiger charge is -2.22. The molecule has 0 bridgehead atoms. The lowest BCUT2D eigenvalue weighted by atomic mass is 10.1. The first-order valence-electron chi connectivity index (χ1n) is 6.56. The molecule has 1 heterocycles. The largest absolute Gasteiger partial charge is 0.351 e. The van der Waals surface area contributed by atoms with Crippen LogP contribution in [0, 0.1) is 5.92 Å². The van der Waals surface area contributed by atoms with Crippen molar-refractivity contribution in [2.75, 3.05) is 16.9 Å². The maximum atomic E-state index is 4.43. The SMILES string of the molecule is CSc1nc(NC(C)C(C)C)nc(NC(C)(C)C)n1. The first-order chi connectivity index (χ1) is 8.71. The van der Waals surface area contributed by atoms with Crippen molar-refractivity contribution < 1.29 is 0 Å². The Bertz CT molecular complexity index is 414. The van der Waals surface area contributed by atoms with Gasteiger partial charge in [-0.15, -0.1) is 0 Å². The quantitative estimate of drug-likeness (QED) is 0.809. The molecule has 1 unspecified atom stereocenters. The third-order valence-corrected chi connectivity index (χ3v) is 3.19. The summed E-state index contributed by atoms with van der Waals surface area (Å²) in [6.45, 7) is 12.7. The van der Waals surface area contributed by atoms with E-state index in [-0.39, 0.29) is 5.54 Å². The van der Waals surface area contributed by atoms with E-state index in [4.69, 9.17) is 0 Å². The molecule has 0 aliphatic heterocycles. The highest BCUT2D eigenvalue weighted by atomic mass is 32.2. The minimum absolute atomic E-state index is 0.0715. The Morgan fingerprint density at radius 2 is 1.58 bits per heavy atom. The van der Waals surface area contributed by atoms with Gasteiger partial charge in [-0.1, -0.05) is 25.6 Å². The van der Waals surface area contributed by atoms with Gasteiger partial charge in [0.1, 0.15) is 0 Å². The fraction of sp³-hybridized carbons (Fsp3) is 0.769. The Morgan fingerprint density at radius 3 is 2.05 bits per heavy atom. The molecule has 0 saturated carbocycles. The van der Waals surface area contributed by atoms with Gasteiger partial charge in [-0.25, -0.2) is 0 Å². The zero-order chi connectivity index (χ0) is 14.6. The summed E-state index contributed by atoms with van der Waals surface area (Å²) in [4.78, 5) is 13.2. The van der Waals surface area contributed by atoms with Gasteiger partial charge >= 0.3 is 0 Å². The maximum absolute atomic E-state index is 4.43. The molecule has 0 saturated heterocycles. The lowest BCUT2D eigenvalue weighted by Crippen LogP contribution is -2.28. The van der Waals surface area contributed by atoms with Crippen molar-refractivity contribution >= 4 is 23.7 Å². The van der Waals surface area contributed by atoms with Crippen LogP contribution in [0.25, 0.3) is 0 Å². The lowest BCUT2D eigenvalue weighted by molar-refractivity contribution is 0.554. The van der Waals surface area contributed by atoms with E-state index in [9.17, 15) is 0 Å². The predicted molar refractivity (Wildman–Crippen MR) is 82.9 cm³/mol. The smallest absolute Gasteiger partial charge is 0.228 e. The Balaban J connectivity index is 2.95. The fourth-order valence-electron chi connectivity index (χ4n) is 1.27. The summed E-state index contributed by atoms with van der Waals surface area (Å²) < 4.78 is 0. The third-order valence-electron chi connectivity index (χ3n) is 2.64. The van der Waals surface area contributed by atoms with Gasteiger partial charge in [0.15, 0.2) is 5.16 Å². The zero-order valence-corrected chi connectivity index (χ0v) is 13.7. The molecule has 0 aliphatic rings. The van der Waals surface area contributed by atoms with Crippen molar-refractivity contribution in [3.8, 4) is 0 Å². The van der Waals surface area contributed by atoms with E-state index < -0.39 is 0 Å². The average Bonchev–Trinajstić information content (AvgIpc) is 2.25. The van der Waals surface area contributed by atoms with Gasteiger partial charge in [-0.3, -0.25) is 0 Å². The molecular weight excluding hydrogens is 258 g/mol. The molecule has 0 spiro atoms. The van der Waals surface area contributed by atoms with Gasteiger partial charge in [0.05, 0.1) is 0 Å². The number of anilines is 2. The van der Waals surface area contributed by atoms with E-state index in [0.717, 1.165) is 5.16 Å². The molecular formula is C13H25N5S. The van der Waals surface area contributed by atoms with E-state index in [1.165, 1.54) is 11.8 Å². The second-order valence-corrected chi connectivity index (χ2v) is 6.79. The number of aromatic nitrogens is 3. The van der Waals surface area contributed by atoms with Crippen LogP contribution in [0.3, 0.4) is 0 Å². The molecule has 5 nitrogen and oxygen atoms in total. The van der Waals surface area contributed by atoms with Gasteiger partial charge in [-0.2, -0.15) is 15.0 Å². The van der Waals surface area contributed by atoms with Gasteiger partial charge in [0.25, 0.3) is 0 Å². The molecule has 1 rings (SSSR count). The van der Waals surface area contributed by atoms with Crippen LogP contribution < -0.4 is 10.6 Å². The summed E-state index contributed by atoms with van der Waals surface area (Å²) in [5.74, 6) is 1.77. The number of nitrogens with zero attached hydrogens (tertiary/aromatic N) is 3. The number of nitrogens with one attached hydrogen (secondary N) is 2. The molecule has 0 aromatic carbocycles. The van der Waals surface area contributed by atoms with Crippen molar-refractivity contribution in [3.05, 3.63) is 0 Å². The predicted octanol–water partition coefficient (Wildman–Crippen LogP) is 3.26. The number of hydrogen-bond acceptors (Lipinski definition) is 6. The van der Waals surface area contributed by atoms with Crippen molar-refractivity contribution in [1.82, 2.24) is 15.0 Å². The molecule has 0 radical (unpaired) electrons. The van der Waals surface area contributed by atoms with Gasteiger partial charge in [-0.05, 0) is 39.9 Å². The standard InChI is InChI=1S/C13H25N5S/c1-8(2)9(3)14-10-15-11(18-13(4,5)6)17-12(16-10)19-7/h8-9H,1-7H3,(H2,14,15,16,17,18). The van der Waals surface area contributed by atoms with Gasteiger partial charge in [0.2, 0.25) is 11.9 Å². The van der Waals surface area contributed by atoms with Crippen molar-refractivity contribution in [2.24, 2.45) is 5.92 Å².